The van der Waals surface area contributed by atoms with Gasteiger partial charge in [-0.1, -0.05) is 0 Å². The van der Waals surface area contributed by atoms with Gasteiger partial charge in [-0.25, -0.2) is 10.0 Å². The van der Waals surface area contributed by atoms with Crippen molar-refractivity contribution < 1.29 is 4.74 Å². The molecule has 1 aromatic heterocycles. The van der Waals surface area contributed by atoms with Gasteiger partial charge in [-0.3, -0.25) is 15.6 Å². The smallest absolute Gasteiger partial charge is 0.145 e. The summed E-state index contributed by atoms with van der Waals surface area (Å²) < 4.78 is 5.47. The van der Waals surface area contributed by atoms with E-state index in [0.717, 1.165) is 42.4 Å². The van der Waals surface area contributed by atoms with Crippen molar-refractivity contribution in [2.45, 2.75) is 56.3 Å². The molecule has 1 aliphatic carbocycles. The van der Waals surface area contributed by atoms with Crippen LogP contribution in [0.5, 0.6) is 5.75 Å². The predicted octanol–water partition coefficient (Wildman–Crippen LogP) is 0.366. The monoisotopic (exact) mass is 385 g/mol. The van der Waals surface area contributed by atoms with Gasteiger partial charge >= 0.3 is 0 Å². The number of piperazine rings is 1. The summed E-state index contributed by atoms with van der Waals surface area (Å²) in [7, 11) is 1.70. The zero-order valence-corrected chi connectivity index (χ0v) is 16.5. The lowest BCUT2D eigenvalue weighted by atomic mass is 9.72. The Bertz CT molecular complexity index is 732. The molecule has 0 radical (unpaired) electrons. The summed E-state index contributed by atoms with van der Waals surface area (Å²) in [5, 5.41) is 20.4. The van der Waals surface area contributed by atoms with Crippen molar-refractivity contribution in [2.75, 3.05) is 32.1 Å². The van der Waals surface area contributed by atoms with E-state index >= 15 is 0 Å². The van der Waals surface area contributed by atoms with Crippen molar-refractivity contribution in [3.63, 3.8) is 0 Å². The van der Waals surface area contributed by atoms with Crippen molar-refractivity contribution >= 4 is 5.69 Å². The van der Waals surface area contributed by atoms with Crippen LogP contribution in [0, 0.1) is 11.8 Å². The first kappa shape index (κ1) is 17.4. The number of ether oxygens (including phenoxy) is 1. The maximum Gasteiger partial charge on any atom is 0.145 e. The summed E-state index contributed by atoms with van der Waals surface area (Å²) in [5.74, 6) is 2.48. The highest BCUT2D eigenvalue weighted by molar-refractivity contribution is 5.54. The van der Waals surface area contributed by atoms with Gasteiger partial charge in [0.1, 0.15) is 18.1 Å². The molecule has 152 valence electrons. The van der Waals surface area contributed by atoms with E-state index in [1.807, 2.05) is 12.3 Å². The normalized spacial score (nSPS) is 42.5. The van der Waals surface area contributed by atoms with Gasteiger partial charge in [-0.2, -0.15) is 0 Å². The van der Waals surface area contributed by atoms with Crippen LogP contribution in [-0.2, 0) is 0 Å². The molecule has 2 bridgehead atoms. The second-order valence-electron chi connectivity index (χ2n) is 9.00. The van der Waals surface area contributed by atoms with Crippen LogP contribution in [0.2, 0.25) is 0 Å². The van der Waals surface area contributed by atoms with E-state index in [2.05, 4.69) is 36.3 Å². The van der Waals surface area contributed by atoms with Crippen molar-refractivity contribution in [2.24, 2.45) is 11.8 Å². The number of pyridine rings is 1. The molecular weight excluding hydrogens is 354 g/mol. The quantitative estimate of drug-likeness (QED) is 0.595. The zero-order valence-electron chi connectivity index (χ0n) is 16.5. The third-order valence-corrected chi connectivity index (χ3v) is 7.57. The van der Waals surface area contributed by atoms with Crippen molar-refractivity contribution in [3.8, 4) is 5.75 Å². The van der Waals surface area contributed by atoms with Gasteiger partial charge in [0.05, 0.1) is 25.2 Å². The number of hydrogen-bond acceptors (Lipinski definition) is 8. The van der Waals surface area contributed by atoms with Crippen LogP contribution in [0.15, 0.2) is 18.5 Å². The molecule has 5 aliphatic rings. The number of nitrogens with zero attached hydrogens (tertiary/aromatic N) is 3. The van der Waals surface area contributed by atoms with Gasteiger partial charge in [0.2, 0.25) is 0 Å². The Balaban J connectivity index is 1.19. The minimum absolute atomic E-state index is 0.157. The van der Waals surface area contributed by atoms with E-state index in [1.54, 1.807) is 13.3 Å². The first-order valence-corrected chi connectivity index (χ1v) is 10.8. The molecule has 0 amide bonds. The van der Waals surface area contributed by atoms with Crippen LogP contribution in [0.25, 0.3) is 0 Å². The summed E-state index contributed by atoms with van der Waals surface area (Å²) in [6, 6.07) is 3.32. The number of aromatic nitrogens is 1. The third kappa shape index (κ3) is 2.66. The number of hydrogen-bond donors (Lipinski definition) is 4. The fraction of sp³-hybridized carbons (Fsp3) is 0.750. The van der Waals surface area contributed by atoms with E-state index in [0.29, 0.717) is 18.4 Å². The number of fused-ring (bicyclic) bond motifs is 6. The molecular formula is C20H31N7O. The Kier molecular flexibility index (Phi) is 4.24. The summed E-state index contributed by atoms with van der Waals surface area (Å²) in [5.41, 5.74) is 0.937. The Labute approximate surface area is 166 Å². The zero-order chi connectivity index (χ0) is 18.7. The van der Waals surface area contributed by atoms with Crippen molar-refractivity contribution in [1.82, 2.24) is 31.0 Å². The molecule has 4 aliphatic heterocycles. The van der Waals surface area contributed by atoms with Crippen LogP contribution in [0.3, 0.4) is 0 Å². The molecule has 8 heteroatoms. The van der Waals surface area contributed by atoms with Gasteiger partial charge in [-0.05, 0) is 44.1 Å². The number of nitrogens with one attached hydrogen (secondary N) is 4. The molecule has 8 nitrogen and oxygen atoms in total. The van der Waals surface area contributed by atoms with E-state index in [9.17, 15) is 0 Å². The fourth-order valence-electron chi connectivity index (χ4n) is 6.34. The molecule has 1 aromatic rings. The Morgan fingerprint density at radius 1 is 1.21 bits per heavy atom. The molecule has 4 N–H and O–H groups in total. The van der Waals surface area contributed by atoms with Gasteiger partial charge in [0.15, 0.2) is 0 Å². The van der Waals surface area contributed by atoms with Crippen LogP contribution in [0.1, 0.15) is 25.7 Å². The molecule has 4 saturated heterocycles. The predicted molar refractivity (Wildman–Crippen MR) is 106 cm³/mol. The lowest BCUT2D eigenvalue weighted by Crippen LogP contribution is -2.86. The van der Waals surface area contributed by atoms with E-state index in [1.165, 1.54) is 32.2 Å². The van der Waals surface area contributed by atoms with Gasteiger partial charge in [0, 0.05) is 37.4 Å². The van der Waals surface area contributed by atoms with Crippen LogP contribution in [-0.4, -0.2) is 72.3 Å². The van der Waals surface area contributed by atoms with Gasteiger partial charge < -0.3 is 15.4 Å². The molecule has 7 unspecified atom stereocenters. The highest BCUT2D eigenvalue weighted by atomic mass is 16.5. The average molecular weight is 386 g/mol. The van der Waals surface area contributed by atoms with Gasteiger partial charge in [0.25, 0.3) is 0 Å². The maximum atomic E-state index is 5.47. The SMILES string of the molecule is COc1ccncc1NC1CNC2C(N1)N1CC3CCC4NCCC(C4C3)N21. The topological polar surface area (TPSA) is 76.7 Å². The van der Waals surface area contributed by atoms with E-state index in [-0.39, 0.29) is 6.17 Å². The Hall–Kier alpha value is -1.45. The summed E-state index contributed by atoms with van der Waals surface area (Å²) in [6.07, 6.45) is 9.91. The number of anilines is 1. The average Bonchev–Trinajstić information content (AvgIpc) is 2.86. The Morgan fingerprint density at radius 3 is 3.11 bits per heavy atom. The lowest BCUT2D eigenvalue weighted by Gasteiger charge is -2.63. The summed E-state index contributed by atoms with van der Waals surface area (Å²) in [4.78, 5) is 4.24. The van der Waals surface area contributed by atoms with Crippen LogP contribution >= 0.6 is 0 Å². The molecule has 6 rings (SSSR count). The molecule has 5 fully saturated rings. The standard InChI is InChI=1S/C20H31N7O/c1-28-17-5-6-21-9-15(17)24-18-10-23-19-20(25-18)26-11-12-2-3-14-13(8-12)16(27(19)26)4-7-22-14/h5-6,9,12-14,16,18-20,22-25H,2-4,7-8,10-11H2,1H3. The van der Waals surface area contributed by atoms with Crippen molar-refractivity contribution in [3.05, 3.63) is 18.5 Å². The molecule has 28 heavy (non-hydrogen) atoms. The number of hydrazine groups is 1. The minimum Gasteiger partial charge on any atom is -0.494 e. The molecule has 0 spiro atoms. The lowest BCUT2D eigenvalue weighted by molar-refractivity contribution is -0.268. The first-order chi connectivity index (χ1) is 13.8. The van der Waals surface area contributed by atoms with Crippen LogP contribution in [0.4, 0.5) is 5.69 Å². The van der Waals surface area contributed by atoms with Crippen LogP contribution < -0.4 is 26.0 Å². The van der Waals surface area contributed by atoms with E-state index < -0.39 is 0 Å². The molecule has 0 aromatic carbocycles. The third-order valence-electron chi connectivity index (χ3n) is 7.57. The number of rotatable bonds is 3. The highest BCUT2D eigenvalue weighted by Gasteiger charge is 2.57. The fourth-order valence-corrected chi connectivity index (χ4v) is 6.34. The number of methoxy groups -OCH3 is 1. The summed E-state index contributed by atoms with van der Waals surface area (Å²) >= 11 is 0. The second-order valence-corrected chi connectivity index (χ2v) is 9.00. The Morgan fingerprint density at radius 2 is 2.18 bits per heavy atom. The van der Waals surface area contributed by atoms with Gasteiger partial charge in [-0.15, -0.1) is 0 Å². The molecule has 1 saturated carbocycles. The first-order valence-electron chi connectivity index (χ1n) is 10.8. The van der Waals surface area contributed by atoms with Crippen molar-refractivity contribution in [1.29, 1.82) is 0 Å². The molecule has 7 atom stereocenters. The maximum absolute atomic E-state index is 5.47. The molecule has 5 heterocycles. The largest absolute Gasteiger partial charge is 0.494 e. The highest BCUT2D eigenvalue weighted by Crippen LogP contribution is 2.45. The van der Waals surface area contributed by atoms with E-state index in [4.69, 9.17) is 4.74 Å². The number of piperidine rings is 1. The summed E-state index contributed by atoms with van der Waals surface area (Å²) in [6.45, 7) is 3.24. The minimum atomic E-state index is 0.157. The second kappa shape index (κ2) is 6.81.